The highest BCUT2D eigenvalue weighted by Gasteiger charge is 2.12. The number of nitrogens with zero attached hydrogens (tertiary/aromatic N) is 2. The number of aromatic nitrogens is 2. The summed E-state index contributed by atoms with van der Waals surface area (Å²) in [6.07, 6.45) is 0. The van der Waals surface area contributed by atoms with E-state index < -0.39 is 0 Å². The largest absolute Gasteiger partial charge is 0.362 e. The standard InChI is InChI=1S/C17H22FN3.H2/c1-10(2)16-9-12(4)17(21-20-16)19-13(5)15-7-6-14(18)8-11(15)3;/h6-10,13H,1-5H3,(H,19,21);1H/t13-;/m0./s1. The fraction of sp³-hybridized carbons (Fsp3) is 0.412. The van der Waals surface area contributed by atoms with Crippen LogP contribution >= 0.6 is 0 Å². The number of halogens is 1. The number of benzene rings is 1. The van der Waals surface area contributed by atoms with Gasteiger partial charge >= 0.3 is 0 Å². The van der Waals surface area contributed by atoms with Gasteiger partial charge in [0.15, 0.2) is 5.82 Å². The van der Waals surface area contributed by atoms with Crippen LogP contribution in [0.3, 0.4) is 0 Å². The first-order valence-electron chi connectivity index (χ1n) is 7.25. The highest BCUT2D eigenvalue weighted by molar-refractivity contribution is 5.46. The first-order chi connectivity index (χ1) is 9.88. The molecule has 1 N–H and O–H groups in total. The molecular formula is C17H24FN3. The lowest BCUT2D eigenvalue weighted by Crippen LogP contribution is -2.12. The molecule has 0 bridgehead atoms. The fourth-order valence-corrected chi connectivity index (χ4v) is 2.34. The Morgan fingerprint density at radius 3 is 2.33 bits per heavy atom. The summed E-state index contributed by atoms with van der Waals surface area (Å²) in [5.74, 6) is 0.929. The van der Waals surface area contributed by atoms with Gasteiger partial charge in [0.05, 0.1) is 11.7 Å². The van der Waals surface area contributed by atoms with Gasteiger partial charge in [-0.05, 0) is 61.6 Å². The van der Waals surface area contributed by atoms with Crippen molar-refractivity contribution >= 4 is 5.82 Å². The first-order valence-corrected chi connectivity index (χ1v) is 7.25. The van der Waals surface area contributed by atoms with Crippen LogP contribution in [0.25, 0.3) is 0 Å². The third-order valence-corrected chi connectivity index (χ3v) is 3.65. The van der Waals surface area contributed by atoms with Gasteiger partial charge in [-0.3, -0.25) is 0 Å². The van der Waals surface area contributed by atoms with E-state index in [4.69, 9.17) is 0 Å². The second-order valence-corrected chi connectivity index (χ2v) is 5.82. The number of hydrogen-bond acceptors (Lipinski definition) is 3. The minimum atomic E-state index is -0.208. The summed E-state index contributed by atoms with van der Waals surface area (Å²) in [5, 5.41) is 11.9. The van der Waals surface area contributed by atoms with Crippen LogP contribution in [0.15, 0.2) is 24.3 Å². The molecule has 1 aromatic heterocycles. The van der Waals surface area contributed by atoms with Crippen molar-refractivity contribution in [1.82, 2.24) is 10.2 Å². The Morgan fingerprint density at radius 1 is 1.05 bits per heavy atom. The molecule has 0 aliphatic rings. The Balaban J connectivity index is 0.00000242. The SMILES string of the molecule is Cc1cc(F)ccc1[C@H](C)Nc1nnc(C(C)C)cc1C.[HH]. The molecule has 1 heterocycles. The van der Waals surface area contributed by atoms with E-state index in [2.05, 4.69) is 35.4 Å². The van der Waals surface area contributed by atoms with Crippen LogP contribution in [0.2, 0.25) is 0 Å². The molecule has 2 rings (SSSR count). The molecule has 2 aromatic rings. The number of hydrogen-bond donors (Lipinski definition) is 1. The molecule has 0 fully saturated rings. The van der Waals surface area contributed by atoms with E-state index in [9.17, 15) is 4.39 Å². The lowest BCUT2D eigenvalue weighted by atomic mass is 10.0. The van der Waals surface area contributed by atoms with Gasteiger partial charge in [0.25, 0.3) is 0 Å². The van der Waals surface area contributed by atoms with Gasteiger partial charge in [0.1, 0.15) is 5.82 Å². The summed E-state index contributed by atoms with van der Waals surface area (Å²) < 4.78 is 13.2. The molecule has 3 nitrogen and oxygen atoms in total. The Bertz CT molecular complexity index is 644. The van der Waals surface area contributed by atoms with Gasteiger partial charge in [-0.1, -0.05) is 19.9 Å². The molecule has 1 aromatic carbocycles. The zero-order chi connectivity index (χ0) is 15.6. The van der Waals surface area contributed by atoms with E-state index in [0.717, 1.165) is 28.2 Å². The van der Waals surface area contributed by atoms with Crippen molar-refractivity contribution in [2.24, 2.45) is 0 Å². The summed E-state index contributed by atoms with van der Waals surface area (Å²) >= 11 is 0. The maximum absolute atomic E-state index is 13.2. The van der Waals surface area contributed by atoms with E-state index in [1.54, 1.807) is 6.07 Å². The lowest BCUT2D eigenvalue weighted by Gasteiger charge is -2.18. The summed E-state index contributed by atoms with van der Waals surface area (Å²) in [4.78, 5) is 0. The monoisotopic (exact) mass is 289 g/mol. The van der Waals surface area contributed by atoms with E-state index in [1.807, 2.05) is 26.8 Å². The normalized spacial score (nSPS) is 12.5. The van der Waals surface area contributed by atoms with Crippen molar-refractivity contribution in [3.63, 3.8) is 0 Å². The number of nitrogens with one attached hydrogen (secondary N) is 1. The average molecular weight is 289 g/mol. The van der Waals surface area contributed by atoms with E-state index in [1.165, 1.54) is 6.07 Å². The van der Waals surface area contributed by atoms with Gasteiger partial charge in [-0.25, -0.2) is 4.39 Å². The second-order valence-electron chi connectivity index (χ2n) is 5.82. The number of rotatable bonds is 4. The van der Waals surface area contributed by atoms with Crippen LogP contribution in [0.1, 0.15) is 56.5 Å². The van der Waals surface area contributed by atoms with Crippen molar-refractivity contribution in [3.05, 3.63) is 52.5 Å². The van der Waals surface area contributed by atoms with Crippen LogP contribution in [0, 0.1) is 19.7 Å². The summed E-state index contributed by atoms with van der Waals surface area (Å²) in [7, 11) is 0. The van der Waals surface area contributed by atoms with Crippen molar-refractivity contribution in [1.29, 1.82) is 0 Å². The van der Waals surface area contributed by atoms with Crippen LogP contribution in [0.5, 0.6) is 0 Å². The molecule has 0 unspecified atom stereocenters. The van der Waals surface area contributed by atoms with Gasteiger partial charge in [-0.15, -0.1) is 5.10 Å². The molecule has 0 aliphatic heterocycles. The summed E-state index contributed by atoms with van der Waals surface area (Å²) in [5.41, 5.74) is 4.05. The van der Waals surface area contributed by atoms with Crippen molar-refractivity contribution in [2.45, 2.75) is 46.6 Å². The highest BCUT2D eigenvalue weighted by atomic mass is 19.1. The van der Waals surface area contributed by atoms with Crippen LogP contribution in [-0.4, -0.2) is 10.2 Å². The molecule has 1 atom stereocenters. The summed E-state index contributed by atoms with van der Waals surface area (Å²) in [6, 6.07) is 6.95. The van der Waals surface area contributed by atoms with Crippen molar-refractivity contribution in [2.75, 3.05) is 5.32 Å². The van der Waals surface area contributed by atoms with Gasteiger partial charge in [0, 0.05) is 1.43 Å². The zero-order valence-electron chi connectivity index (χ0n) is 13.2. The van der Waals surface area contributed by atoms with E-state index in [0.29, 0.717) is 5.92 Å². The van der Waals surface area contributed by atoms with E-state index >= 15 is 0 Å². The van der Waals surface area contributed by atoms with Gasteiger partial charge in [-0.2, -0.15) is 5.10 Å². The quantitative estimate of drug-likeness (QED) is 0.880. The molecule has 0 amide bonds. The predicted octanol–water partition coefficient (Wildman–Crippen LogP) is 4.78. The first kappa shape index (κ1) is 15.4. The molecule has 114 valence electrons. The fourth-order valence-electron chi connectivity index (χ4n) is 2.34. The molecule has 21 heavy (non-hydrogen) atoms. The van der Waals surface area contributed by atoms with Gasteiger partial charge in [0.2, 0.25) is 0 Å². The lowest BCUT2D eigenvalue weighted by molar-refractivity contribution is 0.624. The minimum Gasteiger partial charge on any atom is -0.362 e. The van der Waals surface area contributed by atoms with Crippen molar-refractivity contribution < 1.29 is 5.82 Å². The Kier molecular flexibility index (Phi) is 4.56. The smallest absolute Gasteiger partial charge is 0.152 e. The molecular weight excluding hydrogens is 265 g/mol. The zero-order valence-corrected chi connectivity index (χ0v) is 13.2. The molecule has 0 aliphatic carbocycles. The minimum absolute atomic E-state index is 0. The van der Waals surface area contributed by atoms with Gasteiger partial charge < -0.3 is 5.32 Å². The topological polar surface area (TPSA) is 37.8 Å². The third kappa shape index (κ3) is 3.57. The summed E-state index contributed by atoms with van der Waals surface area (Å²) in [6.45, 7) is 10.2. The number of anilines is 1. The van der Waals surface area contributed by atoms with Crippen LogP contribution in [-0.2, 0) is 0 Å². The predicted molar refractivity (Wildman–Crippen MR) is 86.1 cm³/mol. The Hall–Kier alpha value is -1.97. The maximum atomic E-state index is 13.2. The Labute approximate surface area is 127 Å². The molecule has 0 saturated heterocycles. The number of aryl methyl sites for hydroxylation is 2. The molecule has 0 spiro atoms. The molecule has 0 saturated carbocycles. The van der Waals surface area contributed by atoms with Crippen LogP contribution in [0.4, 0.5) is 10.2 Å². The average Bonchev–Trinajstić information content (AvgIpc) is 2.40. The highest BCUT2D eigenvalue weighted by Crippen LogP contribution is 2.24. The third-order valence-electron chi connectivity index (χ3n) is 3.65. The van der Waals surface area contributed by atoms with E-state index in [-0.39, 0.29) is 13.3 Å². The molecule has 4 heteroatoms. The van der Waals surface area contributed by atoms with Crippen molar-refractivity contribution in [3.8, 4) is 0 Å². The second kappa shape index (κ2) is 6.20. The Morgan fingerprint density at radius 2 is 1.76 bits per heavy atom. The molecule has 0 radical (unpaired) electrons. The van der Waals surface area contributed by atoms with Crippen LogP contribution < -0.4 is 5.32 Å². The maximum Gasteiger partial charge on any atom is 0.152 e.